The lowest BCUT2D eigenvalue weighted by Gasteiger charge is -2.44. The van der Waals surface area contributed by atoms with Gasteiger partial charge in [-0.2, -0.15) is 0 Å². The topological polar surface area (TPSA) is 12.0 Å². The lowest BCUT2D eigenvalue weighted by atomic mass is 9.66. The van der Waals surface area contributed by atoms with Crippen molar-refractivity contribution in [1.29, 1.82) is 0 Å². The average Bonchev–Trinajstić information content (AvgIpc) is 3.17. The van der Waals surface area contributed by atoms with E-state index in [2.05, 4.69) is 89.6 Å². The fourth-order valence-corrected chi connectivity index (χ4v) is 6.70. The molecule has 3 heteroatoms. The number of anilines is 2. The summed E-state index contributed by atoms with van der Waals surface area (Å²) in [6, 6.07) is 28.8. The van der Waals surface area contributed by atoms with Gasteiger partial charge >= 0.3 is 0 Å². The van der Waals surface area contributed by atoms with E-state index >= 15 is 0 Å². The van der Waals surface area contributed by atoms with E-state index in [4.69, 9.17) is 0 Å². The number of rotatable bonds is 0. The van der Waals surface area contributed by atoms with Crippen molar-refractivity contribution < 1.29 is 0 Å². The van der Waals surface area contributed by atoms with Crippen LogP contribution in [0.1, 0.15) is 21.6 Å². The summed E-state index contributed by atoms with van der Waals surface area (Å²) in [4.78, 5) is 4.08. The number of hydrogen-bond donors (Lipinski definition) is 1. The summed E-state index contributed by atoms with van der Waals surface area (Å²) >= 11 is 3.74. The molecular weight excluding hydrogens is 354 g/mol. The monoisotopic (exact) mass is 369 g/mol. The molecule has 0 bridgehead atoms. The Hall–Kier alpha value is -2.49. The molecule has 0 fully saturated rings. The predicted octanol–water partition coefficient (Wildman–Crippen LogP) is 6.65. The minimum Gasteiger partial charge on any atom is -0.354 e. The highest BCUT2D eigenvalue weighted by Crippen LogP contribution is 2.61. The summed E-state index contributed by atoms with van der Waals surface area (Å²) in [7, 11) is 0. The third-order valence-corrected chi connectivity index (χ3v) is 7.59. The van der Waals surface area contributed by atoms with Gasteiger partial charge in [0.05, 0.1) is 11.1 Å². The molecule has 1 nitrogen and oxygen atoms in total. The fraction of sp³-hybridized carbons (Fsp3) is 0.0435. The second-order valence-electron chi connectivity index (χ2n) is 6.68. The summed E-state index contributed by atoms with van der Waals surface area (Å²) < 4.78 is 0. The highest BCUT2D eigenvalue weighted by Gasteiger charge is 2.49. The average molecular weight is 370 g/mol. The molecule has 124 valence electrons. The third kappa shape index (κ3) is 1.72. The van der Waals surface area contributed by atoms with Gasteiger partial charge < -0.3 is 5.32 Å². The Morgan fingerprint density at radius 2 is 1.23 bits per heavy atom. The molecule has 3 heterocycles. The first-order chi connectivity index (χ1) is 12.9. The molecule has 1 N–H and O–H groups in total. The van der Waals surface area contributed by atoms with Crippen molar-refractivity contribution in [3.63, 3.8) is 0 Å². The van der Waals surface area contributed by atoms with Crippen LogP contribution in [0.2, 0.25) is 0 Å². The molecule has 6 rings (SSSR count). The molecule has 4 aromatic rings. The third-order valence-electron chi connectivity index (χ3n) is 5.41. The zero-order chi connectivity index (χ0) is 17.1. The number of para-hydroxylation sites is 1. The molecule has 3 aromatic carbocycles. The van der Waals surface area contributed by atoms with Crippen LogP contribution in [0.3, 0.4) is 0 Å². The molecule has 1 aromatic heterocycles. The highest BCUT2D eigenvalue weighted by molar-refractivity contribution is 7.99. The molecule has 26 heavy (non-hydrogen) atoms. The zero-order valence-electron chi connectivity index (χ0n) is 13.9. The van der Waals surface area contributed by atoms with E-state index < -0.39 is 0 Å². The maximum Gasteiger partial charge on any atom is 0.0857 e. The number of thiophene rings is 1. The van der Waals surface area contributed by atoms with Crippen molar-refractivity contribution in [2.75, 3.05) is 5.32 Å². The maximum atomic E-state index is 3.66. The molecular formula is C23H15NS2. The molecule has 2 aliphatic rings. The maximum absolute atomic E-state index is 3.66. The van der Waals surface area contributed by atoms with Crippen LogP contribution >= 0.6 is 23.1 Å². The lowest BCUT2D eigenvalue weighted by molar-refractivity contribution is 0.714. The van der Waals surface area contributed by atoms with Crippen LogP contribution in [0.15, 0.2) is 94.0 Å². The highest BCUT2D eigenvalue weighted by atomic mass is 32.2. The molecule has 0 unspecified atom stereocenters. The molecule has 0 saturated heterocycles. The van der Waals surface area contributed by atoms with E-state index in [9.17, 15) is 0 Å². The van der Waals surface area contributed by atoms with Gasteiger partial charge in [0.15, 0.2) is 0 Å². The van der Waals surface area contributed by atoms with Crippen molar-refractivity contribution in [3.05, 3.63) is 106 Å². The summed E-state index contributed by atoms with van der Waals surface area (Å²) in [5.41, 5.74) is 6.31. The van der Waals surface area contributed by atoms with Gasteiger partial charge in [0.25, 0.3) is 0 Å². The fourth-order valence-electron chi connectivity index (χ4n) is 4.41. The van der Waals surface area contributed by atoms with Crippen molar-refractivity contribution >= 4 is 34.5 Å². The number of nitrogens with one attached hydrogen (secondary N) is 1. The van der Waals surface area contributed by atoms with Gasteiger partial charge in [-0.05, 0) is 46.3 Å². The molecule has 2 aliphatic heterocycles. The predicted molar refractivity (Wildman–Crippen MR) is 110 cm³/mol. The van der Waals surface area contributed by atoms with Crippen LogP contribution in [0.25, 0.3) is 0 Å². The van der Waals surface area contributed by atoms with Gasteiger partial charge in [-0.3, -0.25) is 0 Å². The Labute approximate surface area is 160 Å². The van der Waals surface area contributed by atoms with Crippen molar-refractivity contribution in [3.8, 4) is 0 Å². The molecule has 0 amide bonds. The summed E-state index contributed by atoms with van der Waals surface area (Å²) in [6.07, 6.45) is 0. The van der Waals surface area contributed by atoms with E-state index in [1.54, 1.807) is 0 Å². The minimum atomic E-state index is -0.246. The van der Waals surface area contributed by atoms with Gasteiger partial charge in [-0.1, -0.05) is 66.4 Å². The van der Waals surface area contributed by atoms with E-state index in [-0.39, 0.29) is 5.41 Å². The molecule has 0 aliphatic carbocycles. The van der Waals surface area contributed by atoms with Crippen molar-refractivity contribution in [2.24, 2.45) is 0 Å². The van der Waals surface area contributed by atoms with Crippen molar-refractivity contribution in [2.45, 2.75) is 15.2 Å². The first-order valence-corrected chi connectivity index (χ1v) is 10.4. The molecule has 1 spiro atoms. The number of benzene rings is 3. The Bertz CT molecular complexity index is 1090. The van der Waals surface area contributed by atoms with E-state index in [1.807, 2.05) is 23.1 Å². The van der Waals surface area contributed by atoms with Crippen LogP contribution in [0, 0.1) is 0 Å². The molecule has 0 radical (unpaired) electrons. The van der Waals surface area contributed by atoms with Gasteiger partial charge in [0.2, 0.25) is 0 Å². The van der Waals surface area contributed by atoms with Crippen LogP contribution in [-0.4, -0.2) is 0 Å². The second-order valence-corrected chi connectivity index (χ2v) is 8.68. The standard InChI is InChI=1S/C23H15NS2/c1-4-10-18-15(7-1)23(22-19(24-18)13-14-25-22)16-8-2-5-11-20(16)26-21-12-6-3-9-17(21)23/h1-14,24H. The van der Waals surface area contributed by atoms with Crippen LogP contribution in [0.5, 0.6) is 0 Å². The number of hydrogen-bond acceptors (Lipinski definition) is 3. The largest absolute Gasteiger partial charge is 0.354 e. The first-order valence-electron chi connectivity index (χ1n) is 8.70. The Morgan fingerprint density at radius 1 is 0.615 bits per heavy atom. The number of fused-ring (bicyclic) bond motifs is 8. The van der Waals surface area contributed by atoms with Gasteiger partial charge in [-0.15, -0.1) is 11.3 Å². The Morgan fingerprint density at radius 3 is 1.96 bits per heavy atom. The Balaban J connectivity index is 1.85. The zero-order valence-corrected chi connectivity index (χ0v) is 15.5. The van der Waals surface area contributed by atoms with Crippen LogP contribution in [0.4, 0.5) is 11.4 Å². The normalized spacial score (nSPS) is 15.4. The smallest absolute Gasteiger partial charge is 0.0857 e. The summed E-state index contributed by atoms with van der Waals surface area (Å²) in [6.45, 7) is 0. The van der Waals surface area contributed by atoms with E-state index in [0.717, 1.165) is 0 Å². The summed E-state index contributed by atoms with van der Waals surface area (Å²) in [5, 5.41) is 5.86. The minimum absolute atomic E-state index is 0.246. The Kier molecular flexibility index (Phi) is 2.96. The lowest BCUT2D eigenvalue weighted by Crippen LogP contribution is -2.36. The van der Waals surface area contributed by atoms with Crippen LogP contribution in [-0.2, 0) is 5.41 Å². The van der Waals surface area contributed by atoms with E-state index in [1.165, 1.54) is 42.7 Å². The van der Waals surface area contributed by atoms with E-state index in [0.29, 0.717) is 0 Å². The van der Waals surface area contributed by atoms with Crippen LogP contribution < -0.4 is 5.32 Å². The molecule has 0 atom stereocenters. The van der Waals surface area contributed by atoms with Gasteiger partial charge in [0, 0.05) is 20.4 Å². The van der Waals surface area contributed by atoms with Gasteiger partial charge in [-0.25, -0.2) is 0 Å². The summed E-state index contributed by atoms with van der Waals surface area (Å²) in [5.74, 6) is 0. The first kappa shape index (κ1) is 14.7. The molecule has 0 saturated carbocycles. The second kappa shape index (κ2) is 5.26. The SMILES string of the molecule is c1ccc2c(c1)Nc1ccsc1C21c2ccccc2Sc2ccccc21. The van der Waals surface area contributed by atoms with Crippen molar-refractivity contribution in [1.82, 2.24) is 0 Å². The quantitative estimate of drug-likeness (QED) is 0.321. The van der Waals surface area contributed by atoms with Gasteiger partial charge in [0.1, 0.15) is 0 Å².